The molecule has 6 nitrogen and oxygen atoms in total. The van der Waals surface area contributed by atoms with Crippen molar-refractivity contribution in [3.05, 3.63) is 52.4 Å². The number of thiophene rings is 1. The van der Waals surface area contributed by atoms with E-state index < -0.39 is 23.2 Å². The minimum atomic E-state index is -1.36. The van der Waals surface area contributed by atoms with E-state index in [0.717, 1.165) is 12.0 Å². The van der Waals surface area contributed by atoms with Gasteiger partial charge in [-0.25, -0.2) is 0 Å². The summed E-state index contributed by atoms with van der Waals surface area (Å²) in [5.74, 6) is -2.38. The Morgan fingerprint density at radius 1 is 1.23 bits per heavy atom. The number of carbonyl (C=O) groups is 3. The van der Waals surface area contributed by atoms with Crippen molar-refractivity contribution in [2.24, 2.45) is 5.73 Å². The molecule has 26 heavy (non-hydrogen) atoms. The zero-order chi connectivity index (χ0) is 18.0. The molecule has 1 aromatic carbocycles. The van der Waals surface area contributed by atoms with Crippen LogP contribution in [0.3, 0.4) is 0 Å². The van der Waals surface area contributed by atoms with Gasteiger partial charge in [0.05, 0.1) is 11.5 Å². The number of rotatable bonds is 5. The molecule has 1 aromatic heterocycles. The third-order valence-electron chi connectivity index (χ3n) is 4.62. The van der Waals surface area contributed by atoms with Crippen LogP contribution in [0.1, 0.15) is 40.7 Å². The number of nitrogens with one attached hydrogen (secondary N) is 1. The van der Waals surface area contributed by atoms with Crippen molar-refractivity contribution in [2.45, 2.75) is 31.1 Å². The van der Waals surface area contributed by atoms with Crippen molar-refractivity contribution in [1.82, 2.24) is 0 Å². The van der Waals surface area contributed by atoms with Gasteiger partial charge in [-0.15, -0.1) is 11.3 Å². The average Bonchev–Trinajstić information content (AvgIpc) is 3.03. The van der Waals surface area contributed by atoms with Gasteiger partial charge in [0.25, 0.3) is 5.91 Å². The number of hydrogen-bond acceptors (Lipinski definition) is 5. The van der Waals surface area contributed by atoms with Crippen LogP contribution in [0, 0.1) is 0 Å². The fourth-order valence-electron chi connectivity index (χ4n) is 3.43. The first-order valence-corrected chi connectivity index (χ1v) is 8.79. The molecular weight excluding hydrogens is 363 g/mol. The summed E-state index contributed by atoms with van der Waals surface area (Å²) in [6, 6.07) is 8.78. The smallest absolute Gasteiger partial charge is 0.549 e. The van der Waals surface area contributed by atoms with E-state index in [1.807, 2.05) is 12.1 Å². The van der Waals surface area contributed by atoms with Crippen molar-refractivity contribution < 1.29 is 49.0 Å². The first kappa shape index (κ1) is 20.6. The van der Waals surface area contributed by atoms with Crippen LogP contribution in [0.5, 0.6) is 0 Å². The maximum absolute atomic E-state index is 12.5. The zero-order valence-electron chi connectivity index (χ0n) is 14.4. The van der Waals surface area contributed by atoms with Gasteiger partial charge in [-0.3, -0.25) is 9.59 Å². The Morgan fingerprint density at radius 2 is 1.96 bits per heavy atom. The van der Waals surface area contributed by atoms with E-state index in [4.69, 9.17) is 5.73 Å². The van der Waals surface area contributed by atoms with Crippen LogP contribution in [0.4, 0.5) is 5.00 Å². The maximum atomic E-state index is 12.5. The molecule has 2 amide bonds. The third-order valence-corrected chi connectivity index (χ3v) is 5.45. The molecule has 0 spiro atoms. The van der Waals surface area contributed by atoms with Crippen LogP contribution in [0.2, 0.25) is 0 Å². The summed E-state index contributed by atoms with van der Waals surface area (Å²) >= 11 is 1.17. The molecule has 1 aliphatic carbocycles. The van der Waals surface area contributed by atoms with Crippen molar-refractivity contribution in [2.75, 3.05) is 5.32 Å². The van der Waals surface area contributed by atoms with Gasteiger partial charge in [-0.05, 0) is 41.8 Å². The van der Waals surface area contributed by atoms with Gasteiger partial charge in [0, 0.05) is 11.8 Å². The largest absolute Gasteiger partial charge is 1.00 e. The predicted molar refractivity (Wildman–Crippen MR) is 92.1 cm³/mol. The van der Waals surface area contributed by atoms with Crippen molar-refractivity contribution in [3.63, 3.8) is 0 Å². The topological polar surface area (TPSA) is 112 Å². The predicted octanol–water partition coefficient (Wildman–Crippen LogP) is -1.80. The molecule has 0 saturated heterocycles. The summed E-state index contributed by atoms with van der Waals surface area (Å²) < 4.78 is 0. The van der Waals surface area contributed by atoms with Crippen LogP contribution in [-0.2, 0) is 21.4 Å². The van der Waals surface area contributed by atoms with Crippen molar-refractivity contribution in [3.8, 4) is 0 Å². The van der Waals surface area contributed by atoms with Gasteiger partial charge in [-0.2, -0.15) is 0 Å². The van der Waals surface area contributed by atoms with Crippen LogP contribution in [0.25, 0.3) is 0 Å². The molecule has 3 rings (SSSR count). The third kappa shape index (κ3) is 3.86. The first-order chi connectivity index (χ1) is 11.9. The normalized spacial score (nSPS) is 18.3. The number of carboxylic acid groups (broad SMARTS) is 1. The van der Waals surface area contributed by atoms with Crippen LogP contribution in [0.15, 0.2) is 35.7 Å². The monoisotopic (exact) mass is 380 g/mol. The Hall–Kier alpha value is -1.67. The molecule has 3 N–H and O–H groups in total. The zero-order valence-corrected chi connectivity index (χ0v) is 17.2. The molecule has 1 unspecified atom stereocenters. The second-order valence-electron chi connectivity index (χ2n) is 6.13. The molecule has 1 aliphatic rings. The number of hydrogen-bond donors (Lipinski definition) is 2. The first-order valence-electron chi connectivity index (χ1n) is 7.91. The molecule has 8 heteroatoms. The number of nitrogens with two attached hydrogens (primary N) is 1. The molecule has 130 valence electrons. The SMILES string of the molecule is NC(=O)c1ccsc1NC(=O)CC1(C(=O)[O-])CCCc2ccccc21.[Na+]. The van der Waals surface area contributed by atoms with E-state index in [-0.39, 0.29) is 41.5 Å². The molecule has 0 saturated carbocycles. The number of aliphatic carboxylic acids is 1. The standard InChI is InChI=1S/C18H18N2O4S.Na/c19-15(22)12-7-9-25-16(12)20-14(21)10-18(17(23)24)8-3-5-11-4-1-2-6-13(11)18;/h1-2,4,6-7,9H,3,5,8,10H2,(H2,19,22)(H,20,21)(H,23,24);/q;+1/p-1. The molecule has 0 bridgehead atoms. The number of carboxylic acids is 1. The van der Waals surface area contributed by atoms with Crippen molar-refractivity contribution in [1.29, 1.82) is 0 Å². The van der Waals surface area contributed by atoms with Gasteiger partial charge in [0.2, 0.25) is 5.91 Å². The van der Waals surface area contributed by atoms with E-state index >= 15 is 0 Å². The number of benzene rings is 1. The van der Waals surface area contributed by atoms with E-state index in [1.54, 1.807) is 17.5 Å². The molecule has 0 radical (unpaired) electrons. The molecular formula is C18H17N2NaO4S. The quantitative estimate of drug-likeness (QED) is 0.596. The Morgan fingerprint density at radius 3 is 2.65 bits per heavy atom. The Balaban J connectivity index is 0.00000243. The Labute approximate surface area is 177 Å². The second-order valence-corrected chi connectivity index (χ2v) is 7.05. The van der Waals surface area contributed by atoms with Gasteiger partial charge in [0.1, 0.15) is 5.00 Å². The van der Waals surface area contributed by atoms with Crippen LogP contribution < -0.4 is 45.7 Å². The Bertz CT molecular complexity index is 851. The number of primary amides is 1. The summed E-state index contributed by atoms with van der Waals surface area (Å²) in [4.78, 5) is 35.9. The van der Waals surface area contributed by atoms with E-state index in [9.17, 15) is 19.5 Å². The minimum absolute atomic E-state index is 0. The fraction of sp³-hybridized carbons (Fsp3) is 0.278. The molecule has 2 aromatic rings. The summed E-state index contributed by atoms with van der Waals surface area (Å²) in [7, 11) is 0. The number of amides is 2. The summed E-state index contributed by atoms with van der Waals surface area (Å²) in [6.07, 6.45) is 1.54. The van der Waals surface area contributed by atoms with E-state index in [2.05, 4.69) is 5.32 Å². The average molecular weight is 380 g/mol. The van der Waals surface area contributed by atoms with Crippen LogP contribution in [-0.4, -0.2) is 17.8 Å². The molecule has 1 atom stereocenters. The van der Waals surface area contributed by atoms with Crippen molar-refractivity contribution >= 4 is 34.1 Å². The minimum Gasteiger partial charge on any atom is -0.549 e. The maximum Gasteiger partial charge on any atom is 1.00 e. The van der Waals surface area contributed by atoms with Gasteiger partial charge in [-0.1, -0.05) is 24.3 Å². The summed E-state index contributed by atoms with van der Waals surface area (Å²) in [5.41, 5.74) is 5.69. The number of carbonyl (C=O) groups excluding carboxylic acids is 3. The molecule has 0 aliphatic heterocycles. The Kier molecular flexibility index (Phi) is 6.63. The second kappa shape index (κ2) is 8.35. The van der Waals surface area contributed by atoms with Gasteiger partial charge < -0.3 is 21.0 Å². The molecule has 0 fully saturated rings. The molecule has 1 heterocycles. The summed E-state index contributed by atoms with van der Waals surface area (Å²) in [6.45, 7) is 0. The fourth-order valence-corrected chi connectivity index (χ4v) is 4.24. The van der Waals surface area contributed by atoms with Gasteiger partial charge >= 0.3 is 29.6 Å². The summed E-state index contributed by atoms with van der Waals surface area (Å²) in [5, 5.41) is 16.6. The van der Waals surface area contributed by atoms with Crippen LogP contribution >= 0.6 is 11.3 Å². The number of aryl methyl sites for hydroxylation is 1. The van der Waals surface area contributed by atoms with Gasteiger partial charge in [0.15, 0.2) is 0 Å². The number of fused-ring (bicyclic) bond motifs is 1. The number of anilines is 1. The van der Waals surface area contributed by atoms with E-state index in [0.29, 0.717) is 23.4 Å². The van der Waals surface area contributed by atoms with E-state index in [1.165, 1.54) is 17.4 Å².